The summed E-state index contributed by atoms with van der Waals surface area (Å²) in [5.41, 5.74) is 0.300. The van der Waals surface area contributed by atoms with E-state index in [1.807, 2.05) is 0 Å². The zero-order valence-electron chi connectivity index (χ0n) is 22.3. The van der Waals surface area contributed by atoms with Gasteiger partial charge in [-0.2, -0.15) is 4.31 Å². The Hall–Kier alpha value is -4.06. The van der Waals surface area contributed by atoms with Crippen molar-refractivity contribution in [1.29, 1.82) is 0 Å². The van der Waals surface area contributed by atoms with Gasteiger partial charge in [0.15, 0.2) is 12.4 Å². The lowest BCUT2D eigenvalue weighted by atomic mass is 10.1. The van der Waals surface area contributed by atoms with Crippen LogP contribution in [0.25, 0.3) is 22.3 Å². The molecule has 0 N–H and O–H groups in total. The number of carbonyl (C=O) groups excluding carboxylic acids is 1. The van der Waals surface area contributed by atoms with Crippen LogP contribution >= 0.6 is 11.6 Å². The van der Waals surface area contributed by atoms with Crippen LogP contribution in [0.5, 0.6) is 17.2 Å². The average Bonchev–Trinajstić information content (AvgIpc) is 3.00. The van der Waals surface area contributed by atoms with E-state index in [1.165, 1.54) is 47.7 Å². The minimum Gasteiger partial charge on any atom is -0.497 e. The largest absolute Gasteiger partial charge is 0.497 e. The van der Waals surface area contributed by atoms with Gasteiger partial charge >= 0.3 is 0 Å². The summed E-state index contributed by atoms with van der Waals surface area (Å²) in [4.78, 5) is 28.3. The van der Waals surface area contributed by atoms with Crippen LogP contribution in [0.3, 0.4) is 0 Å². The lowest BCUT2D eigenvalue weighted by molar-refractivity contribution is -0.134. The zero-order valence-corrected chi connectivity index (χ0v) is 23.9. The summed E-state index contributed by atoms with van der Waals surface area (Å²) in [5, 5.41) is 0.696. The van der Waals surface area contributed by atoms with E-state index < -0.39 is 28.0 Å². The van der Waals surface area contributed by atoms with Crippen molar-refractivity contribution in [3.05, 3.63) is 82.0 Å². The first kappa shape index (κ1) is 28.5. The molecule has 0 unspecified atom stereocenters. The Morgan fingerprint density at radius 2 is 1.66 bits per heavy atom. The van der Waals surface area contributed by atoms with Gasteiger partial charge in [-0.3, -0.25) is 9.59 Å². The first-order valence-electron chi connectivity index (χ1n) is 12.7. The summed E-state index contributed by atoms with van der Waals surface area (Å²) in [6.45, 7) is 0.117. The van der Waals surface area contributed by atoms with Gasteiger partial charge in [-0.05, 0) is 48.5 Å². The minimum atomic E-state index is -3.73. The summed E-state index contributed by atoms with van der Waals surface area (Å²) in [7, 11) is -0.718. The van der Waals surface area contributed by atoms with E-state index in [-0.39, 0.29) is 53.6 Å². The SMILES string of the molecule is COc1ccc2c(=O)c(OCC(=O)N3CCN(S(=O)(=O)c4ccc(Cl)cc4)CC3)c(-c3ccccc3OC)oc2c1. The average molecular weight is 599 g/mol. The molecule has 41 heavy (non-hydrogen) atoms. The molecular formula is C29H27ClN2O8S. The second-order valence-corrected chi connectivity index (χ2v) is 11.6. The Labute approximate surface area is 241 Å². The van der Waals surface area contributed by atoms with Crippen LogP contribution in [-0.4, -0.2) is 70.5 Å². The predicted octanol–water partition coefficient (Wildman–Crippen LogP) is 4.04. The maximum absolute atomic E-state index is 13.5. The number of halogens is 1. The van der Waals surface area contributed by atoms with Crippen molar-refractivity contribution in [2.24, 2.45) is 0 Å². The number of hydrogen-bond acceptors (Lipinski definition) is 8. The maximum Gasteiger partial charge on any atom is 0.260 e. The Morgan fingerprint density at radius 3 is 2.34 bits per heavy atom. The van der Waals surface area contributed by atoms with Crippen LogP contribution in [0.15, 0.2) is 80.8 Å². The third-order valence-corrected chi connectivity index (χ3v) is 8.96. The smallest absolute Gasteiger partial charge is 0.260 e. The molecule has 1 amide bonds. The van der Waals surface area contributed by atoms with Gasteiger partial charge in [-0.15, -0.1) is 0 Å². The van der Waals surface area contributed by atoms with Gasteiger partial charge in [0, 0.05) is 37.3 Å². The molecule has 0 radical (unpaired) electrons. The fourth-order valence-corrected chi connectivity index (χ4v) is 6.13. The Bertz CT molecular complexity index is 1750. The fourth-order valence-electron chi connectivity index (χ4n) is 4.58. The third-order valence-electron chi connectivity index (χ3n) is 6.79. The lowest BCUT2D eigenvalue weighted by Gasteiger charge is -2.34. The zero-order chi connectivity index (χ0) is 29.1. The second-order valence-electron chi connectivity index (χ2n) is 9.18. The van der Waals surface area contributed by atoms with Crippen molar-refractivity contribution in [2.75, 3.05) is 47.0 Å². The topological polar surface area (TPSA) is 116 Å². The molecule has 3 aromatic carbocycles. The first-order valence-corrected chi connectivity index (χ1v) is 14.5. The van der Waals surface area contributed by atoms with Gasteiger partial charge in [-0.1, -0.05) is 23.7 Å². The molecule has 2 heterocycles. The number of benzene rings is 3. The van der Waals surface area contributed by atoms with E-state index in [9.17, 15) is 18.0 Å². The Morgan fingerprint density at radius 1 is 0.951 bits per heavy atom. The number of piperazine rings is 1. The van der Waals surface area contributed by atoms with E-state index >= 15 is 0 Å². The van der Waals surface area contributed by atoms with Gasteiger partial charge in [0.1, 0.15) is 17.1 Å². The van der Waals surface area contributed by atoms with E-state index in [1.54, 1.807) is 42.5 Å². The highest BCUT2D eigenvalue weighted by molar-refractivity contribution is 7.89. The van der Waals surface area contributed by atoms with Crippen molar-refractivity contribution in [1.82, 2.24) is 9.21 Å². The summed E-state index contributed by atoms with van der Waals surface area (Å²) >= 11 is 5.88. The molecule has 0 bridgehead atoms. The van der Waals surface area contributed by atoms with Crippen molar-refractivity contribution in [2.45, 2.75) is 4.90 Å². The Kier molecular flexibility index (Phi) is 8.20. The molecule has 0 saturated carbocycles. The number of hydrogen-bond donors (Lipinski definition) is 0. The number of ether oxygens (including phenoxy) is 3. The summed E-state index contributed by atoms with van der Waals surface area (Å²) in [6.07, 6.45) is 0. The quantitative estimate of drug-likeness (QED) is 0.298. The molecule has 10 nitrogen and oxygen atoms in total. The number of para-hydroxylation sites is 1. The summed E-state index contributed by atoms with van der Waals surface area (Å²) in [5.74, 6) is 0.540. The van der Waals surface area contributed by atoms with Crippen LogP contribution in [0.2, 0.25) is 5.02 Å². The normalized spacial score (nSPS) is 14.2. The number of fused-ring (bicyclic) bond motifs is 1. The van der Waals surface area contributed by atoms with Crippen LogP contribution in [-0.2, 0) is 14.8 Å². The maximum atomic E-state index is 13.5. The second kappa shape index (κ2) is 11.8. The molecule has 1 saturated heterocycles. The molecule has 1 aromatic heterocycles. The van der Waals surface area contributed by atoms with E-state index in [4.69, 9.17) is 30.2 Å². The van der Waals surface area contributed by atoms with Crippen LogP contribution < -0.4 is 19.6 Å². The van der Waals surface area contributed by atoms with Crippen LogP contribution in [0.1, 0.15) is 0 Å². The molecule has 0 spiro atoms. The predicted molar refractivity (Wildman–Crippen MR) is 153 cm³/mol. The van der Waals surface area contributed by atoms with Crippen molar-refractivity contribution >= 4 is 38.5 Å². The van der Waals surface area contributed by atoms with Gasteiger partial charge in [-0.25, -0.2) is 8.42 Å². The van der Waals surface area contributed by atoms with Crippen molar-refractivity contribution in [3.8, 4) is 28.6 Å². The number of amides is 1. The first-order chi connectivity index (χ1) is 19.7. The summed E-state index contributed by atoms with van der Waals surface area (Å²) < 4.78 is 50.0. The van der Waals surface area contributed by atoms with E-state index in [0.717, 1.165) is 0 Å². The molecule has 5 rings (SSSR count). The highest BCUT2D eigenvalue weighted by Crippen LogP contribution is 2.37. The fraction of sp³-hybridized carbons (Fsp3) is 0.241. The summed E-state index contributed by atoms with van der Waals surface area (Å²) in [6, 6.07) is 17.7. The third kappa shape index (κ3) is 5.74. The molecule has 1 aliphatic heterocycles. The molecular weight excluding hydrogens is 572 g/mol. The number of rotatable bonds is 8. The highest BCUT2D eigenvalue weighted by Gasteiger charge is 2.31. The van der Waals surface area contributed by atoms with Crippen molar-refractivity contribution < 1.29 is 31.8 Å². The number of methoxy groups -OCH3 is 2. The molecule has 214 valence electrons. The molecule has 4 aromatic rings. The van der Waals surface area contributed by atoms with Gasteiger partial charge in [0.2, 0.25) is 21.2 Å². The van der Waals surface area contributed by atoms with Gasteiger partial charge < -0.3 is 23.5 Å². The monoisotopic (exact) mass is 598 g/mol. The Balaban J connectivity index is 1.36. The molecule has 1 aliphatic rings. The van der Waals surface area contributed by atoms with E-state index in [0.29, 0.717) is 22.1 Å². The van der Waals surface area contributed by atoms with E-state index in [2.05, 4.69) is 0 Å². The lowest BCUT2D eigenvalue weighted by Crippen LogP contribution is -2.51. The van der Waals surface area contributed by atoms with Crippen LogP contribution in [0, 0.1) is 0 Å². The number of carbonyl (C=O) groups is 1. The number of nitrogens with zero attached hydrogens (tertiary/aromatic N) is 2. The van der Waals surface area contributed by atoms with Crippen LogP contribution in [0.4, 0.5) is 0 Å². The van der Waals surface area contributed by atoms with Gasteiger partial charge in [0.25, 0.3) is 5.91 Å². The highest BCUT2D eigenvalue weighted by atomic mass is 35.5. The molecule has 0 atom stereocenters. The molecule has 12 heteroatoms. The minimum absolute atomic E-state index is 0.111. The molecule has 1 fully saturated rings. The van der Waals surface area contributed by atoms with Gasteiger partial charge in [0.05, 0.1) is 30.1 Å². The molecule has 0 aliphatic carbocycles. The number of sulfonamides is 1. The standard InChI is InChI=1S/C29H27ClN2O8S/c1-37-20-9-12-22-25(17-20)40-28(23-5-3-4-6-24(23)38-2)29(27(22)34)39-18-26(33)31-13-15-32(16-14-31)41(35,36)21-10-7-19(30)8-11-21/h3-12,17H,13-16,18H2,1-2H3. The van der Waals surface area contributed by atoms with Crippen molar-refractivity contribution in [3.63, 3.8) is 0 Å².